The van der Waals surface area contributed by atoms with Crippen LogP contribution in [0.1, 0.15) is 19.8 Å². The van der Waals surface area contributed by atoms with Gasteiger partial charge in [-0.2, -0.15) is 5.10 Å². The summed E-state index contributed by atoms with van der Waals surface area (Å²) in [5.41, 5.74) is 0.805. The molecule has 0 radical (unpaired) electrons. The first-order chi connectivity index (χ1) is 14.7. The van der Waals surface area contributed by atoms with E-state index in [0.29, 0.717) is 18.8 Å². The Hall–Kier alpha value is -2.81. The zero-order valence-electron chi connectivity index (χ0n) is 17.2. The lowest BCUT2D eigenvalue weighted by molar-refractivity contribution is -0.127. The SMILES string of the molecule is CSc1nc(N2CCCC2)c2cnn(CCNC(=O)C(C)Oc3ccccc3)c2n1. The number of amides is 1. The Balaban J connectivity index is 1.41. The van der Waals surface area contributed by atoms with Crippen LogP contribution in [-0.4, -0.2) is 57.6 Å². The van der Waals surface area contributed by atoms with Crippen molar-refractivity contribution < 1.29 is 9.53 Å². The first kappa shape index (κ1) is 20.5. The van der Waals surface area contributed by atoms with Crippen molar-refractivity contribution in [2.24, 2.45) is 0 Å². The molecule has 0 aliphatic carbocycles. The van der Waals surface area contributed by atoms with Crippen LogP contribution in [0.25, 0.3) is 11.0 Å². The summed E-state index contributed by atoms with van der Waals surface area (Å²) in [6, 6.07) is 9.34. The molecule has 0 bridgehead atoms. The molecule has 8 nitrogen and oxygen atoms in total. The van der Waals surface area contributed by atoms with Crippen LogP contribution >= 0.6 is 11.8 Å². The largest absolute Gasteiger partial charge is 0.481 e. The van der Waals surface area contributed by atoms with Crippen LogP contribution in [0, 0.1) is 0 Å². The van der Waals surface area contributed by atoms with Crippen molar-refractivity contribution in [2.45, 2.75) is 37.6 Å². The van der Waals surface area contributed by atoms with Gasteiger partial charge in [-0.15, -0.1) is 0 Å². The number of nitrogens with one attached hydrogen (secondary N) is 1. The van der Waals surface area contributed by atoms with E-state index in [1.165, 1.54) is 24.6 Å². The summed E-state index contributed by atoms with van der Waals surface area (Å²) < 4.78 is 7.51. The number of anilines is 1. The van der Waals surface area contributed by atoms with Gasteiger partial charge in [0.2, 0.25) is 0 Å². The Kier molecular flexibility index (Phi) is 6.37. The molecule has 1 fully saturated rings. The van der Waals surface area contributed by atoms with Gasteiger partial charge in [-0.25, -0.2) is 14.6 Å². The Morgan fingerprint density at radius 3 is 2.73 bits per heavy atom. The Morgan fingerprint density at radius 2 is 2.00 bits per heavy atom. The molecule has 1 aromatic carbocycles. The summed E-state index contributed by atoms with van der Waals surface area (Å²) in [6.07, 6.45) is 5.60. The number of carbonyl (C=O) groups is 1. The van der Waals surface area contributed by atoms with E-state index in [4.69, 9.17) is 9.72 Å². The van der Waals surface area contributed by atoms with Gasteiger partial charge in [0, 0.05) is 19.6 Å². The number of rotatable bonds is 8. The van der Waals surface area contributed by atoms with E-state index in [0.717, 1.165) is 35.1 Å². The lowest BCUT2D eigenvalue weighted by Gasteiger charge is -2.17. The van der Waals surface area contributed by atoms with Gasteiger partial charge < -0.3 is 15.0 Å². The molecule has 1 amide bonds. The zero-order chi connectivity index (χ0) is 20.9. The van der Waals surface area contributed by atoms with Crippen molar-refractivity contribution in [3.05, 3.63) is 36.5 Å². The molecule has 158 valence electrons. The zero-order valence-corrected chi connectivity index (χ0v) is 18.1. The fraction of sp³-hybridized carbons (Fsp3) is 0.429. The van der Waals surface area contributed by atoms with Gasteiger partial charge in [-0.3, -0.25) is 4.79 Å². The lowest BCUT2D eigenvalue weighted by atomic mass is 10.3. The number of ether oxygens (including phenoxy) is 1. The first-order valence-corrected chi connectivity index (χ1v) is 11.4. The van der Waals surface area contributed by atoms with Crippen molar-refractivity contribution in [3.63, 3.8) is 0 Å². The number of carbonyl (C=O) groups excluding carboxylic acids is 1. The third-order valence-electron chi connectivity index (χ3n) is 5.09. The number of aromatic nitrogens is 4. The first-order valence-electron chi connectivity index (χ1n) is 10.2. The monoisotopic (exact) mass is 426 g/mol. The van der Waals surface area contributed by atoms with E-state index in [1.54, 1.807) is 6.92 Å². The number of thioether (sulfide) groups is 1. The maximum atomic E-state index is 12.4. The van der Waals surface area contributed by atoms with E-state index < -0.39 is 6.10 Å². The average Bonchev–Trinajstić information content (AvgIpc) is 3.44. The minimum atomic E-state index is -0.575. The van der Waals surface area contributed by atoms with Gasteiger partial charge in [0.1, 0.15) is 11.6 Å². The van der Waals surface area contributed by atoms with E-state index in [-0.39, 0.29) is 5.91 Å². The maximum Gasteiger partial charge on any atom is 0.260 e. The highest BCUT2D eigenvalue weighted by Gasteiger charge is 2.21. The predicted octanol–water partition coefficient (Wildman–Crippen LogP) is 2.73. The molecule has 1 aliphatic heterocycles. The number of benzene rings is 1. The van der Waals surface area contributed by atoms with Gasteiger partial charge >= 0.3 is 0 Å². The van der Waals surface area contributed by atoms with Crippen molar-refractivity contribution in [2.75, 3.05) is 30.8 Å². The second-order valence-corrected chi connectivity index (χ2v) is 7.97. The van der Waals surface area contributed by atoms with Gasteiger partial charge in [-0.1, -0.05) is 30.0 Å². The molecule has 0 spiro atoms. The molecule has 0 saturated carbocycles. The smallest absolute Gasteiger partial charge is 0.260 e. The standard InChI is InChI=1S/C21H26N6O2S/c1-15(29-16-8-4-3-5-9-16)20(28)22-10-13-27-19-17(14-23-27)18(24-21(25-19)30-2)26-11-6-7-12-26/h3-5,8-9,14-15H,6-7,10-13H2,1-2H3,(H,22,28). The average molecular weight is 427 g/mol. The van der Waals surface area contributed by atoms with Crippen LogP contribution in [0.5, 0.6) is 5.75 Å². The van der Waals surface area contributed by atoms with Crippen LogP contribution in [0.15, 0.2) is 41.7 Å². The van der Waals surface area contributed by atoms with Crippen LogP contribution in [0.3, 0.4) is 0 Å². The molecule has 3 heterocycles. The maximum absolute atomic E-state index is 12.4. The van der Waals surface area contributed by atoms with Crippen LogP contribution in [0.2, 0.25) is 0 Å². The molecule has 1 N–H and O–H groups in total. The summed E-state index contributed by atoms with van der Waals surface area (Å²) in [5, 5.41) is 9.12. The normalized spacial score (nSPS) is 14.8. The Bertz CT molecular complexity index is 1000. The quantitative estimate of drug-likeness (QED) is 0.438. The topological polar surface area (TPSA) is 85.2 Å². The number of hydrogen-bond donors (Lipinski definition) is 1. The Labute approximate surface area is 180 Å². The minimum Gasteiger partial charge on any atom is -0.481 e. The minimum absolute atomic E-state index is 0.160. The number of nitrogens with zero attached hydrogens (tertiary/aromatic N) is 5. The third-order valence-corrected chi connectivity index (χ3v) is 5.64. The summed E-state index contributed by atoms with van der Waals surface area (Å²) in [4.78, 5) is 24.1. The summed E-state index contributed by atoms with van der Waals surface area (Å²) >= 11 is 1.53. The van der Waals surface area contributed by atoms with Crippen LogP contribution < -0.4 is 15.0 Å². The molecular formula is C21H26N6O2S. The highest BCUT2D eigenvalue weighted by molar-refractivity contribution is 7.98. The molecule has 2 aromatic heterocycles. The number of hydrogen-bond acceptors (Lipinski definition) is 7. The van der Waals surface area contributed by atoms with E-state index in [1.807, 2.05) is 47.5 Å². The van der Waals surface area contributed by atoms with Crippen molar-refractivity contribution >= 4 is 34.5 Å². The molecule has 30 heavy (non-hydrogen) atoms. The van der Waals surface area contributed by atoms with E-state index >= 15 is 0 Å². The highest BCUT2D eigenvalue weighted by atomic mass is 32.2. The number of fused-ring (bicyclic) bond motifs is 1. The lowest BCUT2D eigenvalue weighted by Crippen LogP contribution is -2.38. The molecule has 4 rings (SSSR count). The molecule has 1 saturated heterocycles. The van der Waals surface area contributed by atoms with Gasteiger partial charge in [0.15, 0.2) is 16.9 Å². The van der Waals surface area contributed by atoms with Gasteiger partial charge in [-0.05, 0) is 38.2 Å². The van der Waals surface area contributed by atoms with Crippen LogP contribution in [0.4, 0.5) is 5.82 Å². The third kappa shape index (κ3) is 4.51. The highest BCUT2D eigenvalue weighted by Crippen LogP contribution is 2.28. The fourth-order valence-corrected chi connectivity index (χ4v) is 3.89. The van der Waals surface area contributed by atoms with E-state index in [9.17, 15) is 4.79 Å². The molecule has 1 atom stereocenters. The molecule has 1 aliphatic rings. The predicted molar refractivity (Wildman–Crippen MR) is 118 cm³/mol. The molecule has 3 aromatic rings. The molecular weight excluding hydrogens is 400 g/mol. The Morgan fingerprint density at radius 1 is 1.23 bits per heavy atom. The van der Waals surface area contributed by atoms with Gasteiger partial charge in [0.05, 0.1) is 18.1 Å². The van der Waals surface area contributed by atoms with Crippen LogP contribution in [-0.2, 0) is 11.3 Å². The summed E-state index contributed by atoms with van der Waals surface area (Å²) in [7, 11) is 0. The second-order valence-electron chi connectivity index (χ2n) is 7.20. The van der Waals surface area contributed by atoms with Crippen molar-refractivity contribution in [1.82, 2.24) is 25.1 Å². The summed E-state index contributed by atoms with van der Waals surface area (Å²) in [6.45, 7) is 4.74. The molecule has 9 heteroatoms. The van der Waals surface area contributed by atoms with Gasteiger partial charge in [0.25, 0.3) is 5.91 Å². The van der Waals surface area contributed by atoms with E-state index in [2.05, 4.69) is 20.3 Å². The van der Waals surface area contributed by atoms with Crippen molar-refractivity contribution in [3.8, 4) is 5.75 Å². The van der Waals surface area contributed by atoms with Crippen molar-refractivity contribution in [1.29, 1.82) is 0 Å². The fourth-order valence-electron chi connectivity index (χ4n) is 3.53. The second kappa shape index (κ2) is 9.34. The number of para-hydroxylation sites is 1. The summed E-state index contributed by atoms with van der Waals surface area (Å²) in [5.74, 6) is 1.48. The molecule has 1 unspecified atom stereocenters.